The van der Waals surface area contributed by atoms with Crippen LogP contribution in [0.2, 0.25) is 0 Å². The lowest BCUT2D eigenvalue weighted by molar-refractivity contribution is -0.129. The summed E-state index contributed by atoms with van der Waals surface area (Å²) in [6.07, 6.45) is -0.158. The number of carbonyl (C=O) groups is 2. The van der Waals surface area contributed by atoms with Gasteiger partial charge >= 0.3 is 0 Å². The fourth-order valence-electron chi connectivity index (χ4n) is 5.17. The lowest BCUT2D eigenvalue weighted by Crippen LogP contribution is -2.53. The lowest BCUT2D eigenvalue weighted by Gasteiger charge is -2.38. The van der Waals surface area contributed by atoms with Crippen molar-refractivity contribution in [1.29, 1.82) is 0 Å². The number of rotatable bonds is 8. The maximum Gasteiger partial charge on any atom is 0.263 e. The SMILES string of the molecule is COc1ccc(S(=O)(=O)N2CCC(C(=O)N3CC(C(=O)NCc4ccccc4)Oc4ccccc43)CC2)cc1OC. The lowest BCUT2D eigenvalue weighted by atomic mass is 9.95. The van der Waals surface area contributed by atoms with Gasteiger partial charge in [0.25, 0.3) is 5.91 Å². The number of piperidine rings is 1. The number of benzene rings is 3. The molecule has 216 valence electrons. The summed E-state index contributed by atoms with van der Waals surface area (Å²) >= 11 is 0. The summed E-state index contributed by atoms with van der Waals surface area (Å²) in [5, 5.41) is 2.90. The Bertz CT molecular complexity index is 1510. The first-order valence-electron chi connectivity index (χ1n) is 13.4. The van der Waals surface area contributed by atoms with Crippen LogP contribution in [0.1, 0.15) is 18.4 Å². The van der Waals surface area contributed by atoms with E-state index in [0.717, 1.165) is 5.56 Å². The smallest absolute Gasteiger partial charge is 0.263 e. The highest BCUT2D eigenvalue weighted by Crippen LogP contribution is 2.36. The molecule has 1 fully saturated rings. The molecule has 2 heterocycles. The molecule has 2 amide bonds. The number of hydrogen-bond donors (Lipinski definition) is 1. The molecule has 11 heteroatoms. The van der Waals surface area contributed by atoms with Crippen LogP contribution in [0.4, 0.5) is 5.69 Å². The van der Waals surface area contributed by atoms with Gasteiger partial charge in [0.2, 0.25) is 15.9 Å². The molecule has 3 aromatic carbocycles. The minimum Gasteiger partial charge on any atom is -0.493 e. The first-order valence-corrected chi connectivity index (χ1v) is 14.9. The van der Waals surface area contributed by atoms with Crippen LogP contribution in [0.3, 0.4) is 0 Å². The molecule has 0 aromatic heterocycles. The molecule has 0 spiro atoms. The number of carbonyl (C=O) groups excluding carboxylic acids is 2. The average Bonchev–Trinajstić information content (AvgIpc) is 3.02. The number of nitrogens with zero attached hydrogens (tertiary/aromatic N) is 2. The minimum absolute atomic E-state index is 0.0701. The Morgan fingerprint density at radius 1 is 0.927 bits per heavy atom. The van der Waals surface area contributed by atoms with Crippen LogP contribution in [0, 0.1) is 5.92 Å². The van der Waals surface area contributed by atoms with Gasteiger partial charge in [-0.3, -0.25) is 9.59 Å². The van der Waals surface area contributed by atoms with E-state index in [0.29, 0.717) is 42.3 Å². The standard InChI is InChI=1S/C30H33N3O7S/c1-38-26-13-12-23(18-27(26)39-2)41(36,37)32-16-14-22(15-17-32)30(35)33-20-28(40-25-11-7-6-10-24(25)33)29(34)31-19-21-8-4-3-5-9-21/h3-13,18,22,28H,14-17,19-20H2,1-2H3,(H,31,34). The molecule has 1 saturated heterocycles. The monoisotopic (exact) mass is 579 g/mol. The number of fused-ring (bicyclic) bond motifs is 1. The molecule has 2 aliphatic heterocycles. The van der Waals surface area contributed by atoms with E-state index in [-0.39, 0.29) is 36.3 Å². The molecular formula is C30H33N3O7S. The van der Waals surface area contributed by atoms with Gasteiger partial charge in [-0.2, -0.15) is 4.31 Å². The fraction of sp³-hybridized carbons (Fsp3) is 0.333. The first kappa shape index (κ1) is 28.4. The highest BCUT2D eigenvalue weighted by Gasteiger charge is 2.39. The van der Waals surface area contributed by atoms with Gasteiger partial charge in [0.1, 0.15) is 5.75 Å². The Balaban J connectivity index is 1.26. The highest BCUT2D eigenvalue weighted by molar-refractivity contribution is 7.89. The second-order valence-electron chi connectivity index (χ2n) is 9.92. The number of amides is 2. The van der Waals surface area contributed by atoms with E-state index in [1.807, 2.05) is 36.4 Å². The molecule has 0 radical (unpaired) electrons. The van der Waals surface area contributed by atoms with E-state index in [2.05, 4.69) is 5.32 Å². The highest BCUT2D eigenvalue weighted by atomic mass is 32.2. The van der Waals surface area contributed by atoms with Crippen LogP contribution in [0.25, 0.3) is 0 Å². The molecule has 2 aliphatic rings. The van der Waals surface area contributed by atoms with E-state index in [1.54, 1.807) is 29.2 Å². The van der Waals surface area contributed by atoms with Crippen LogP contribution >= 0.6 is 0 Å². The molecule has 1 atom stereocenters. The maximum absolute atomic E-state index is 13.8. The predicted molar refractivity (Wildman–Crippen MR) is 153 cm³/mol. The summed E-state index contributed by atoms with van der Waals surface area (Å²) in [4.78, 5) is 28.5. The fourth-order valence-corrected chi connectivity index (χ4v) is 6.65. The Kier molecular flexibility index (Phi) is 8.46. The van der Waals surface area contributed by atoms with Crippen molar-refractivity contribution in [3.05, 3.63) is 78.4 Å². The number of hydrogen-bond acceptors (Lipinski definition) is 7. The number of anilines is 1. The molecule has 0 bridgehead atoms. The van der Waals surface area contributed by atoms with Crippen molar-refractivity contribution >= 4 is 27.5 Å². The summed E-state index contributed by atoms with van der Waals surface area (Å²) in [6, 6.07) is 21.2. The molecule has 1 N–H and O–H groups in total. The summed E-state index contributed by atoms with van der Waals surface area (Å²) in [7, 11) is -0.854. The van der Waals surface area contributed by atoms with Crippen LogP contribution < -0.4 is 24.4 Å². The van der Waals surface area contributed by atoms with Gasteiger partial charge in [-0.25, -0.2) is 8.42 Å². The molecule has 41 heavy (non-hydrogen) atoms. The van der Waals surface area contributed by atoms with Crippen molar-refractivity contribution in [1.82, 2.24) is 9.62 Å². The largest absolute Gasteiger partial charge is 0.493 e. The van der Waals surface area contributed by atoms with Gasteiger partial charge in [-0.1, -0.05) is 42.5 Å². The molecule has 5 rings (SSSR count). The Morgan fingerprint density at radius 3 is 2.32 bits per heavy atom. The van der Waals surface area contributed by atoms with Crippen molar-refractivity contribution in [3.8, 4) is 17.2 Å². The van der Waals surface area contributed by atoms with Gasteiger partial charge in [0, 0.05) is 31.6 Å². The van der Waals surface area contributed by atoms with Crippen molar-refractivity contribution < 1.29 is 32.2 Å². The van der Waals surface area contributed by atoms with E-state index >= 15 is 0 Å². The van der Waals surface area contributed by atoms with Gasteiger partial charge in [0.05, 0.1) is 31.3 Å². The van der Waals surface area contributed by atoms with E-state index < -0.39 is 22.0 Å². The molecule has 10 nitrogen and oxygen atoms in total. The number of methoxy groups -OCH3 is 2. The maximum atomic E-state index is 13.8. The second-order valence-corrected chi connectivity index (χ2v) is 11.9. The third-order valence-corrected chi connectivity index (χ3v) is 9.33. The quantitative estimate of drug-likeness (QED) is 0.436. The summed E-state index contributed by atoms with van der Waals surface area (Å²) in [5.74, 6) is 0.369. The normalized spacial score (nSPS) is 17.7. The molecule has 3 aromatic rings. The van der Waals surface area contributed by atoms with Crippen LogP contribution in [0.15, 0.2) is 77.7 Å². The molecule has 0 aliphatic carbocycles. The summed E-state index contributed by atoms with van der Waals surface area (Å²) in [5.41, 5.74) is 1.56. The zero-order valence-corrected chi connectivity index (χ0v) is 23.8. The Morgan fingerprint density at radius 2 is 1.61 bits per heavy atom. The van der Waals surface area contributed by atoms with Crippen molar-refractivity contribution in [3.63, 3.8) is 0 Å². The van der Waals surface area contributed by atoms with Crippen molar-refractivity contribution in [2.24, 2.45) is 5.92 Å². The summed E-state index contributed by atoms with van der Waals surface area (Å²) < 4.78 is 44.6. The minimum atomic E-state index is -3.79. The number of para-hydroxylation sites is 2. The van der Waals surface area contributed by atoms with Gasteiger partial charge in [0.15, 0.2) is 17.6 Å². The first-order chi connectivity index (χ1) is 19.8. The third kappa shape index (κ3) is 6.01. The van der Waals surface area contributed by atoms with E-state index in [4.69, 9.17) is 14.2 Å². The van der Waals surface area contributed by atoms with Crippen molar-refractivity contribution in [2.45, 2.75) is 30.4 Å². The van der Waals surface area contributed by atoms with Crippen LogP contribution in [-0.4, -0.2) is 64.5 Å². The number of nitrogens with one attached hydrogen (secondary N) is 1. The Labute approximate surface area is 239 Å². The topological polar surface area (TPSA) is 114 Å². The number of sulfonamides is 1. The van der Waals surface area contributed by atoms with Crippen molar-refractivity contribution in [2.75, 3.05) is 38.8 Å². The third-order valence-electron chi connectivity index (χ3n) is 7.44. The van der Waals surface area contributed by atoms with Gasteiger partial charge < -0.3 is 24.4 Å². The van der Waals surface area contributed by atoms with Crippen LogP contribution in [0.5, 0.6) is 17.2 Å². The molecular weight excluding hydrogens is 546 g/mol. The van der Waals surface area contributed by atoms with Gasteiger partial charge in [-0.05, 0) is 42.7 Å². The molecule has 1 unspecified atom stereocenters. The second kappa shape index (κ2) is 12.2. The van der Waals surface area contributed by atoms with E-state index in [1.165, 1.54) is 30.7 Å². The Hall–Kier alpha value is -4.09. The van der Waals surface area contributed by atoms with Crippen LogP contribution in [-0.2, 0) is 26.2 Å². The average molecular weight is 580 g/mol. The van der Waals surface area contributed by atoms with E-state index in [9.17, 15) is 18.0 Å². The zero-order valence-electron chi connectivity index (χ0n) is 23.0. The zero-order chi connectivity index (χ0) is 29.0. The predicted octanol–water partition coefficient (Wildman–Crippen LogP) is 3.22. The number of ether oxygens (including phenoxy) is 3. The summed E-state index contributed by atoms with van der Waals surface area (Å²) in [6.45, 7) is 0.808. The van der Waals surface area contributed by atoms with Gasteiger partial charge in [-0.15, -0.1) is 0 Å². The molecule has 0 saturated carbocycles.